The van der Waals surface area contributed by atoms with Crippen molar-refractivity contribution in [2.24, 2.45) is 11.8 Å². The molecule has 8 nitrogen and oxygen atoms in total. The number of para-hydroxylation sites is 1. The number of benzene rings is 2. The maximum Gasteiger partial charge on any atom is 0.490 e. The highest BCUT2D eigenvalue weighted by Crippen LogP contribution is 2.33. The van der Waals surface area contributed by atoms with Crippen molar-refractivity contribution in [1.29, 1.82) is 0 Å². The number of aromatic nitrogens is 3. The smallest absolute Gasteiger partial charge is 0.475 e. The molecule has 0 bridgehead atoms. The van der Waals surface area contributed by atoms with Crippen molar-refractivity contribution in [2.75, 3.05) is 18.4 Å². The van der Waals surface area contributed by atoms with Gasteiger partial charge in [0.15, 0.2) is 0 Å². The lowest BCUT2D eigenvalue weighted by Crippen LogP contribution is -2.31. The molecule has 1 amide bonds. The van der Waals surface area contributed by atoms with Crippen LogP contribution in [0.1, 0.15) is 22.0 Å². The van der Waals surface area contributed by atoms with Crippen LogP contribution in [-0.4, -0.2) is 55.9 Å². The number of carbonyl (C=O) groups excluding carboxylic acids is 1. The van der Waals surface area contributed by atoms with Crippen LogP contribution in [0.15, 0.2) is 54.6 Å². The van der Waals surface area contributed by atoms with Crippen molar-refractivity contribution in [1.82, 2.24) is 19.7 Å². The summed E-state index contributed by atoms with van der Waals surface area (Å²) in [6, 6.07) is 17.5. The molecule has 0 radical (unpaired) electrons. The minimum Gasteiger partial charge on any atom is -0.475 e. The Balaban J connectivity index is 0.000000384. The first-order chi connectivity index (χ1) is 17.1. The number of carbonyl (C=O) groups is 2. The van der Waals surface area contributed by atoms with Gasteiger partial charge < -0.3 is 15.0 Å². The molecule has 2 aromatic carbocycles. The zero-order valence-corrected chi connectivity index (χ0v) is 19.7. The second-order valence-electron chi connectivity index (χ2n) is 8.72. The zero-order valence-electron chi connectivity index (χ0n) is 19.0. The van der Waals surface area contributed by atoms with Crippen LogP contribution in [0, 0.1) is 11.8 Å². The van der Waals surface area contributed by atoms with Gasteiger partial charge in [-0.05, 0) is 41.7 Å². The number of anilines is 1. The number of nitrogens with zero attached hydrogens (tertiary/aromatic N) is 4. The van der Waals surface area contributed by atoms with Crippen molar-refractivity contribution >= 4 is 29.2 Å². The molecular weight excluding hydrogens is 499 g/mol. The zero-order chi connectivity index (χ0) is 25.9. The summed E-state index contributed by atoms with van der Waals surface area (Å²) in [5.74, 6) is -0.601. The molecule has 12 heteroatoms. The standard InChI is InChI=1S/C22H22ClN5O.C2HF3O2/c23-18-6-4-5-15(9-18)11-27-12-16-10-20-25-26-21(28(20)14-17(16)13-27)22(29)24-19-7-2-1-3-8-19;3-2(4,5)1(6)7/h1-9,16-17H,10-14H2,(H,24,29);(H,6,7). The molecule has 2 aliphatic rings. The second-order valence-corrected chi connectivity index (χ2v) is 9.16. The van der Waals surface area contributed by atoms with Gasteiger partial charge in [0.25, 0.3) is 5.91 Å². The summed E-state index contributed by atoms with van der Waals surface area (Å²) in [7, 11) is 0. The monoisotopic (exact) mass is 521 g/mol. The number of halogens is 4. The largest absolute Gasteiger partial charge is 0.490 e. The van der Waals surface area contributed by atoms with Crippen LogP contribution < -0.4 is 5.32 Å². The van der Waals surface area contributed by atoms with Crippen molar-refractivity contribution in [3.05, 3.63) is 76.8 Å². The van der Waals surface area contributed by atoms with Gasteiger partial charge in [-0.1, -0.05) is 41.9 Å². The topological polar surface area (TPSA) is 100 Å². The molecule has 2 atom stereocenters. The first-order valence-electron chi connectivity index (χ1n) is 11.2. The molecule has 1 fully saturated rings. The fourth-order valence-corrected chi connectivity index (χ4v) is 4.73. The van der Waals surface area contributed by atoms with Crippen LogP contribution in [0.3, 0.4) is 0 Å². The summed E-state index contributed by atoms with van der Waals surface area (Å²) in [5.41, 5.74) is 2.00. The van der Waals surface area contributed by atoms with E-state index in [0.717, 1.165) is 49.1 Å². The lowest BCUT2D eigenvalue weighted by Gasteiger charge is -2.25. The summed E-state index contributed by atoms with van der Waals surface area (Å²) >= 11 is 6.13. The first kappa shape index (κ1) is 25.6. The van der Waals surface area contributed by atoms with Crippen LogP contribution in [0.4, 0.5) is 18.9 Å². The summed E-state index contributed by atoms with van der Waals surface area (Å²) < 4.78 is 33.7. The molecule has 2 aliphatic heterocycles. The van der Waals surface area contributed by atoms with E-state index in [4.69, 9.17) is 21.5 Å². The fraction of sp³-hybridized carbons (Fsp3) is 0.333. The molecule has 3 heterocycles. The number of carboxylic acids is 1. The number of fused-ring (bicyclic) bond motifs is 2. The van der Waals surface area contributed by atoms with Gasteiger partial charge in [0, 0.05) is 43.3 Å². The number of rotatable bonds is 4. The molecule has 36 heavy (non-hydrogen) atoms. The number of amides is 1. The minimum atomic E-state index is -5.08. The Morgan fingerprint density at radius 3 is 2.39 bits per heavy atom. The average Bonchev–Trinajstić information content (AvgIpc) is 3.40. The maximum atomic E-state index is 12.7. The van der Waals surface area contributed by atoms with E-state index in [1.165, 1.54) is 5.56 Å². The summed E-state index contributed by atoms with van der Waals surface area (Å²) in [5, 5.41) is 19.3. The number of nitrogens with one attached hydrogen (secondary N) is 1. The molecule has 5 rings (SSSR count). The van der Waals surface area contributed by atoms with E-state index in [1.54, 1.807) is 0 Å². The Hall–Kier alpha value is -3.44. The van der Waals surface area contributed by atoms with Gasteiger partial charge in [-0.25, -0.2) is 4.79 Å². The summed E-state index contributed by atoms with van der Waals surface area (Å²) in [6.07, 6.45) is -4.22. The van der Waals surface area contributed by atoms with Crippen LogP contribution in [0.25, 0.3) is 0 Å². The summed E-state index contributed by atoms with van der Waals surface area (Å²) in [6.45, 7) is 3.73. The fourth-order valence-electron chi connectivity index (χ4n) is 4.52. The SMILES string of the molecule is O=C(Nc1ccccc1)c1nnc2n1CC1CN(Cc3cccc(Cl)c3)CC1C2.O=C(O)C(F)(F)F. The van der Waals surface area contributed by atoms with Crippen LogP contribution in [-0.2, 0) is 24.3 Å². The molecule has 1 saturated heterocycles. The number of hydrogen-bond acceptors (Lipinski definition) is 5. The predicted octanol–water partition coefficient (Wildman–Crippen LogP) is 4.12. The molecule has 3 aromatic rings. The number of carboxylic acid groups (broad SMARTS) is 1. The van der Waals surface area contributed by atoms with Gasteiger partial charge in [0.2, 0.25) is 5.82 Å². The lowest BCUT2D eigenvalue weighted by atomic mass is 9.89. The van der Waals surface area contributed by atoms with Crippen LogP contribution in [0.5, 0.6) is 0 Å². The Labute approximate surface area is 209 Å². The van der Waals surface area contributed by atoms with E-state index in [-0.39, 0.29) is 5.91 Å². The predicted molar refractivity (Wildman–Crippen MR) is 126 cm³/mol. The van der Waals surface area contributed by atoms with E-state index < -0.39 is 12.1 Å². The van der Waals surface area contributed by atoms with Gasteiger partial charge in [0.1, 0.15) is 5.82 Å². The van der Waals surface area contributed by atoms with Gasteiger partial charge in [-0.2, -0.15) is 13.2 Å². The number of hydrogen-bond donors (Lipinski definition) is 2. The molecule has 190 valence electrons. The van der Waals surface area contributed by atoms with E-state index >= 15 is 0 Å². The lowest BCUT2D eigenvalue weighted by molar-refractivity contribution is -0.192. The van der Waals surface area contributed by atoms with Crippen molar-refractivity contribution in [3.63, 3.8) is 0 Å². The second kappa shape index (κ2) is 10.7. The van der Waals surface area contributed by atoms with E-state index in [2.05, 4.69) is 26.5 Å². The van der Waals surface area contributed by atoms with Gasteiger partial charge >= 0.3 is 12.1 Å². The van der Waals surface area contributed by atoms with E-state index in [1.807, 2.05) is 53.1 Å². The Bertz CT molecular complexity index is 1240. The third kappa shape index (κ3) is 6.21. The number of likely N-dealkylation sites (tertiary alicyclic amines) is 1. The molecular formula is C24H23ClF3N5O3. The van der Waals surface area contributed by atoms with Gasteiger partial charge in [0.05, 0.1) is 0 Å². The highest BCUT2D eigenvalue weighted by Gasteiger charge is 2.39. The van der Waals surface area contributed by atoms with Crippen LogP contribution >= 0.6 is 11.6 Å². The third-order valence-corrected chi connectivity index (χ3v) is 6.35. The van der Waals surface area contributed by atoms with E-state index in [0.29, 0.717) is 17.7 Å². The molecule has 0 spiro atoms. The first-order valence-corrected chi connectivity index (χ1v) is 11.5. The highest BCUT2D eigenvalue weighted by atomic mass is 35.5. The molecule has 2 N–H and O–H groups in total. The quantitative estimate of drug-likeness (QED) is 0.536. The molecule has 2 unspecified atom stereocenters. The number of alkyl halides is 3. The molecule has 0 aliphatic carbocycles. The third-order valence-electron chi connectivity index (χ3n) is 6.11. The molecule has 1 aromatic heterocycles. The minimum absolute atomic E-state index is 0.206. The average molecular weight is 522 g/mol. The van der Waals surface area contributed by atoms with Crippen LogP contribution in [0.2, 0.25) is 5.02 Å². The Morgan fingerprint density at radius 1 is 1.03 bits per heavy atom. The highest BCUT2D eigenvalue weighted by molar-refractivity contribution is 6.30. The summed E-state index contributed by atoms with van der Waals surface area (Å²) in [4.78, 5) is 24.1. The van der Waals surface area contributed by atoms with Crippen molar-refractivity contribution in [3.8, 4) is 0 Å². The van der Waals surface area contributed by atoms with Gasteiger partial charge in [-0.15, -0.1) is 10.2 Å². The van der Waals surface area contributed by atoms with Gasteiger partial charge in [-0.3, -0.25) is 9.69 Å². The number of aliphatic carboxylic acids is 1. The normalized spacial score (nSPS) is 19.0. The Kier molecular flexibility index (Phi) is 7.60. The van der Waals surface area contributed by atoms with Crippen molar-refractivity contribution in [2.45, 2.75) is 25.7 Å². The van der Waals surface area contributed by atoms with Crippen molar-refractivity contribution < 1.29 is 27.9 Å². The van der Waals surface area contributed by atoms with E-state index in [9.17, 15) is 18.0 Å². The maximum absolute atomic E-state index is 12.7. The molecule has 0 saturated carbocycles. The Morgan fingerprint density at radius 2 is 1.72 bits per heavy atom.